The van der Waals surface area contributed by atoms with Crippen LogP contribution in [0.2, 0.25) is 0 Å². The Kier molecular flexibility index (Phi) is 37.0. The molecule has 62 heavy (non-hydrogen) atoms. The Morgan fingerprint density at radius 2 is 0.919 bits per heavy atom. The molecule has 0 aromatic carbocycles. The van der Waals surface area contributed by atoms with Crippen LogP contribution < -0.4 is 0 Å². The van der Waals surface area contributed by atoms with Crippen molar-refractivity contribution in [3.05, 3.63) is 24.3 Å². The number of unbranched alkanes of at least 4 members (excludes halogenated alkanes) is 26. The molecule has 0 bridgehead atoms. The molecule has 0 aromatic rings. The summed E-state index contributed by atoms with van der Waals surface area (Å²) in [6.07, 6.45) is 35.0. The van der Waals surface area contributed by atoms with Gasteiger partial charge in [-0.05, 0) is 64.2 Å². The maximum Gasteiger partial charge on any atom is 0.306 e. The SMILES string of the molecule is CCCCCC/C=C/CCCCCCCCCCCC(=O)OC[C@H](CO[C@H]1O[C@H](CS(=O)(=O)O)[C@@H](O)C(O)C1O)OC(=O)CCCCCCCCCCC/C=C/CCCCCC. The summed E-state index contributed by atoms with van der Waals surface area (Å²) in [5.74, 6) is -1.98. The number of esters is 2. The van der Waals surface area contributed by atoms with E-state index in [1.54, 1.807) is 0 Å². The van der Waals surface area contributed by atoms with Crippen molar-refractivity contribution in [1.29, 1.82) is 0 Å². The highest BCUT2D eigenvalue weighted by Gasteiger charge is 2.46. The summed E-state index contributed by atoms with van der Waals surface area (Å²) in [6, 6.07) is 0. The Labute approximate surface area is 377 Å². The first-order valence-corrected chi connectivity index (χ1v) is 26.5. The van der Waals surface area contributed by atoms with Crippen LogP contribution in [0.15, 0.2) is 24.3 Å². The summed E-state index contributed by atoms with van der Waals surface area (Å²) < 4.78 is 54.2. The fraction of sp³-hybridized carbons (Fsp3) is 0.878. The zero-order valence-corrected chi connectivity index (χ0v) is 39.8. The third-order valence-corrected chi connectivity index (χ3v) is 12.3. The van der Waals surface area contributed by atoms with Crippen LogP contribution in [0.25, 0.3) is 0 Å². The quantitative estimate of drug-likeness (QED) is 0.0197. The number of allylic oxidation sites excluding steroid dienone is 4. The van der Waals surface area contributed by atoms with Crippen molar-refractivity contribution in [2.45, 2.75) is 256 Å². The van der Waals surface area contributed by atoms with Gasteiger partial charge in [0.05, 0.1) is 6.61 Å². The Balaban J connectivity index is 2.39. The van der Waals surface area contributed by atoms with Crippen molar-refractivity contribution < 1.29 is 56.8 Å². The van der Waals surface area contributed by atoms with Crippen LogP contribution >= 0.6 is 0 Å². The van der Waals surface area contributed by atoms with Crippen molar-refractivity contribution in [3.63, 3.8) is 0 Å². The maximum atomic E-state index is 12.8. The van der Waals surface area contributed by atoms with Crippen LogP contribution in [0.3, 0.4) is 0 Å². The Morgan fingerprint density at radius 3 is 1.34 bits per heavy atom. The standard InChI is InChI=1S/C49H90O12S/c1-3-5-7-9-11-13-15-17-19-21-23-25-27-29-31-33-35-37-44(50)58-39-42(40-59-49-48(54)47(53)46(52)43(61-49)41-62(55,56)57)60-45(51)38-36-34-32-30-28-26-24-22-20-18-16-14-12-10-8-6-4-2/h13-16,42-43,46-49,52-54H,3-12,17-41H2,1-2H3,(H,55,56,57)/b15-13+,16-14+/t42-,43-,46-,47?,48?,49+/m1/s1. The van der Waals surface area contributed by atoms with Gasteiger partial charge in [0.25, 0.3) is 10.1 Å². The Hall–Kier alpha value is -1.87. The van der Waals surface area contributed by atoms with Crippen LogP contribution in [-0.4, -0.2) is 96.0 Å². The van der Waals surface area contributed by atoms with Crippen LogP contribution in [0.1, 0.15) is 219 Å². The number of ether oxygens (including phenoxy) is 4. The predicted octanol–water partition coefficient (Wildman–Crippen LogP) is 10.8. The largest absolute Gasteiger partial charge is 0.462 e. The number of aliphatic hydroxyl groups excluding tert-OH is 3. The lowest BCUT2D eigenvalue weighted by Gasteiger charge is -2.40. The van der Waals surface area contributed by atoms with Crippen LogP contribution in [0, 0.1) is 0 Å². The Morgan fingerprint density at radius 1 is 0.532 bits per heavy atom. The topological polar surface area (TPSA) is 186 Å². The molecule has 0 aromatic heterocycles. The molecular weight excluding hydrogens is 813 g/mol. The van der Waals surface area contributed by atoms with Gasteiger partial charge in [-0.1, -0.05) is 167 Å². The first-order chi connectivity index (χ1) is 30.0. The minimum Gasteiger partial charge on any atom is -0.462 e. The van der Waals surface area contributed by atoms with Crippen molar-refractivity contribution in [3.8, 4) is 0 Å². The molecular formula is C49H90O12S. The lowest BCUT2D eigenvalue weighted by atomic mass is 10.00. The summed E-state index contributed by atoms with van der Waals surface area (Å²) in [4.78, 5) is 25.5. The van der Waals surface area contributed by atoms with Gasteiger partial charge < -0.3 is 34.3 Å². The van der Waals surface area contributed by atoms with Crippen LogP contribution in [0.5, 0.6) is 0 Å². The Bertz CT molecular complexity index is 1240. The number of hydrogen-bond donors (Lipinski definition) is 4. The molecule has 0 aliphatic carbocycles. The molecule has 1 heterocycles. The van der Waals surface area contributed by atoms with Gasteiger partial charge >= 0.3 is 11.9 Å². The molecule has 0 amide bonds. The van der Waals surface area contributed by atoms with E-state index in [-0.39, 0.29) is 19.4 Å². The van der Waals surface area contributed by atoms with Gasteiger partial charge in [-0.3, -0.25) is 14.1 Å². The zero-order valence-electron chi connectivity index (χ0n) is 39.0. The van der Waals surface area contributed by atoms with Crippen molar-refractivity contribution in [2.24, 2.45) is 0 Å². The number of carbonyl (C=O) groups is 2. The second kappa shape index (κ2) is 39.5. The molecule has 1 saturated heterocycles. The molecule has 13 heteroatoms. The lowest BCUT2D eigenvalue weighted by Crippen LogP contribution is -2.60. The summed E-state index contributed by atoms with van der Waals surface area (Å²) in [7, 11) is -4.60. The molecule has 0 saturated carbocycles. The summed E-state index contributed by atoms with van der Waals surface area (Å²) in [6.45, 7) is 3.76. The van der Waals surface area contributed by atoms with Gasteiger partial charge in [0.15, 0.2) is 12.4 Å². The number of aliphatic hydroxyl groups is 3. The van der Waals surface area contributed by atoms with E-state index < -0.39 is 71.2 Å². The predicted molar refractivity (Wildman–Crippen MR) is 247 cm³/mol. The number of hydrogen-bond acceptors (Lipinski definition) is 11. The van der Waals surface area contributed by atoms with Crippen LogP contribution in [0.4, 0.5) is 0 Å². The van der Waals surface area contributed by atoms with E-state index in [1.165, 1.54) is 141 Å². The van der Waals surface area contributed by atoms with E-state index in [4.69, 9.17) is 18.9 Å². The second-order valence-electron chi connectivity index (χ2n) is 17.5. The summed E-state index contributed by atoms with van der Waals surface area (Å²) in [5, 5.41) is 30.9. The average Bonchev–Trinajstić information content (AvgIpc) is 3.24. The highest BCUT2D eigenvalue weighted by atomic mass is 32.2. The van der Waals surface area contributed by atoms with Gasteiger partial charge in [-0.15, -0.1) is 0 Å². The van der Waals surface area contributed by atoms with Gasteiger partial charge in [-0.25, -0.2) is 0 Å². The van der Waals surface area contributed by atoms with E-state index in [0.29, 0.717) is 12.8 Å². The second-order valence-corrected chi connectivity index (χ2v) is 19.0. The molecule has 0 radical (unpaired) electrons. The molecule has 1 rings (SSSR count). The molecule has 364 valence electrons. The fourth-order valence-electron chi connectivity index (χ4n) is 7.61. The molecule has 1 aliphatic heterocycles. The third-order valence-electron chi connectivity index (χ3n) is 11.5. The molecule has 4 N–H and O–H groups in total. The molecule has 1 aliphatic rings. The first-order valence-electron chi connectivity index (χ1n) is 24.9. The minimum absolute atomic E-state index is 0.164. The summed E-state index contributed by atoms with van der Waals surface area (Å²) >= 11 is 0. The average molecular weight is 903 g/mol. The molecule has 1 fully saturated rings. The van der Waals surface area contributed by atoms with Gasteiger partial charge in [0.1, 0.15) is 36.8 Å². The molecule has 6 atom stereocenters. The highest BCUT2D eigenvalue weighted by Crippen LogP contribution is 2.24. The van der Waals surface area contributed by atoms with Gasteiger partial charge in [0, 0.05) is 12.8 Å². The van der Waals surface area contributed by atoms with Gasteiger partial charge in [-0.2, -0.15) is 8.42 Å². The maximum absolute atomic E-state index is 12.8. The smallest absolute Gasteiger partial charge is 0.306 e. The lowest BCUT2D eigenvalue weighted by molar-refractivity contribution is -0.297. The van der Waals surface area contributed by atoms with E-state index in [9.17, 15) is 37.9 Å². The number of rotatable bonds is 42. The third kappa shape index (κ3) is 33.6. The normalized spacial score (nSPS) is 20.0. The van der Waals surface area contributed by atoms with Crippen molar-refractivity contribution >= 4 is 22.1 Å². The van der Waals surface area contributed by atoms with Crippen LogP contribution in [-0.2, 0) is 38.7 Å². The van der Waals surface area contributed by atoms with E-state index in [2.05, 4.69) is 38.2 Å². The van der Waals surface area contributed by atoms with Gasteiger partial charge in [0.2, 0.25) is 0 Å². The summed E-state index contributed by atoms with van der Waals surface area (Å²) in [5.41, 5.74) is 0. The highest BCUT2D eigenvalue weighted by molar-refractivity contribution is 7.85. The minimum atomic E-state index is -4.60. The van der Waals surface area contributed by atoms with E-state index >= 15 is 0 Å². The van der Waals surface area contributed by atoms with Crippen molar-refractivity contribution in [2.75, 3.05) is 19.0 Å². The monoisotopic (exact) mass is 903 g/mol. The molecule has 12 nitrogen and oxygen atoms in total. The molecule has 0 spiro atoms. The number of carbonyl (C=O) groups excluding carboxylic acids is 2. The fourth-order valence-corrected chi connectivity index (χ4v) is 8.30. The van der Waals surface area contributed by atoms with Crippen molar-refractivity contribution in [1.82, 2.24) is 0 Å². The zero-order chi connectivity index (χ0) is 45.5. The molecule has 2 unspecified atom stereocenters. The van der Waals surface area contributed by atoms with E-state index in [1.807, 2.05) is 0 Å². The van der Waals surface area contributed by atoms with E-state index in [0.717, 1.165) is 38.5 Å². The first kappa shape index (κ1) is 58.1.